The Labute approximate surface area is 122 Å². The van der Waals surface area contributed by atoms with Gasteiger partial charge in [0.2, 0.25) is 0 Å². The highest BCUT2D eigenvalue weighted by atomic mass is 16.5. The molecule has 1 aromatic rings. The van der Waals surface area contributed by atoms with E-state index in [0.29, 0.717) is 5.75 Å². The van der Waals surface area contributed by atoms with Gasteiger partial charge >= 0.3 is 12.0 Å². The van der Waals surface area contributed by atoms with Crippen molar-refractivity contribution in [3.63, 3.8) is 0 Å². The lowest BCUT2D eigenvalue weighted by Crippen LogP contribution is -2.45. The fraction of sp³-hybridized carbons (Fsp3) is 0.357. The summed E-state index contributed by atoms with van der Waals surface area (Å²) in [7, 11) is 1.47. The van der Waals surface area contributed by atoms with Crippen LogP contribution in [0.25, 0.3) is 0 Å². The molecule has 0 saturated heterocycles. The van der Waals surface area contributed by atoms with E-state index in [9.17, 15) is 14.4 Å². The molecule has 0 fully saturated rings. The lowest BCUT2D eigenvalue weighted by Gasteiger charge is -2.19. The molecule has 3 amide bonds. The van der Waals surface area contributed by atoms with E-state index < -0.39 is 24.0 Å². The van der Waals surface area contributed by atoms with Gasteiger partial charge in [-0.3, -0.25) is 10.1 Å². The van der Waals surface area contributed by atoms with Gasteiger partial charge in [0.15, 0.2) is 6.10 Å². The molecule has 0 radical (unpaired) electrons. The molecular weight excluding hydrogens is 276 g/mol. The Morgan fingerprint density at radius 3 is 2.43 bits per heavy atom. The number of carbonyl (C=O) groups is 3. The van der Waals surface area contributed by atoms with Crippen LogP contribution >= 0.6 is 0 Å². The molecule has 0 aliphatic rings. The van der Waals surface area contributed by atoms with Crippen LogP contribution in [0.1, 0.15) is 24.2 Å². The molecule has 0 aromatic heterocycles. The fourth-order valence-electron chi connectivity index (χ4n) is 1.62. The monoisotopic (exact) mass is 294 g/mol. The molecule has 0 unspecified atom stereocenters. The maximum absolute atomic E-state index is 12.0. The van der Waals surface area contributed by atoms with Gasteiger partial charge in [0, 0.05) is 0 Å². The number of primary amides is 1. The number of rotatable bonds is 5. The number of methoxy groups -OCH3 is 1. The summed E-state index contributed by atoms with van der Waals surface area (Å²) in [4.78, 5) is 34.5. The quantitative estimate of drug-likeness (QED) is 0.790. The zero-order chi connectivity index (χ0) is 16.0. The van der Waals surface area contributed by atoms with Crippen molar-refractivity contribution in [2.45, 2.75) is 20.0 Å². The summed E-state index contributed by atoms with van der Waals surface area (Å²) < 4.78 is 10.2. The Bertz CT molecular complexity index is 542. The van der Waals surface area contributed by atoms with Crippen LogP contribution in [0.3, 0.4) is 0 Å². The second-order valence-corrected chi connectivity index (χ2v) is 4.66. The summed E-state index contributed by atoms with van der Waals surface area (Å²) in [5.41, 5.74) is 5.13. The van der Waals surface area contributed by atoms with Gasteiger partial charge in [-0.2, -0.15) is 0 Å². The molecule has 7 heteroatoms. The standard InChI is InChI=1S/C14H18N2O5/c1-8(2)11(12(17)16-14(15)19)21-13(18)9-5-4-6-10(7-9)20-3/h4-8,11H,1-3H3,(H3,15,16,17,19)/t11-/m0/s1. The maximum atomic E-state index is 12.0. The van der Waals surface area contributed by atoms with Crippen LogP contribution in [0, 0.1) is 5.92 Å². The third-order valence-electron chi connectivity index (χ3n) is 2.65. The molecule has 1 atom stereocenters. The Kier molecular flexibility index (Phi) is 5.71. The fourth-order valence-corrected chi connectivity index (χ4v) is 1.62. The van der Waals surface area contributed by atoms with Gasteiger partial charge in [0.25, 0.3) is 5.91 Å². The number of amides is 3. The molecule has 0 aliphatic heterocycles. The minimum absolute atomic E-state index is 0.242. The maximum Gasteiger partial charge on any atom is 0.339 e. The van der Waals surface area contributed by atoms with Crippen LogP contribution in [0.5, 0.6) is 5.75 Å². The van der Waals surface area contributed by atoms with E-state index in [2.05, 4.69) is 0 Å². The minimum atomic E-state index is -1.11. The lowest BCUT2D eigenvalue weighted by molar-refractivity contribution is -0.130. The Balaban J connectivity index is 2.85. The van der Waals surface area contributed by atoms with Crippen molar-refractivity contribution in [3.8, 4) is 5.75 Å². The minimum Gasteiger partial charge on any atom is -0.497 e. The van der Waals surface area contributed by atoms with Crippen molar-refractivity contribution in [1.82, 2.24) is 5.32 Å². The van der Waals surface area contributed by atoms with Gasteiger partial charge in [-0.25, -0.2) is 9.59 Å². The molecule has 114 valence electrons. The van der Waals surface area contributed by atoms with Crippen molar-refractivity contribution in [1.29, 1.82) is 0 Å². The first kappa shape index (κ1) is 16.5. The van der Waals surface area contributed by atoms with Gasteiger partial charge in [0.05, 0.1) is 12.7 Å². The van der Waals surface area contributed by atoms with Crippen molar-refractivity contribution < 1.29 is 23.9 Å². The van der Waals surface area contributed by atoms with E-state index in [1.54, 1.807) is 26.0 Å². The third kappa shape index (κ3) is 4.79. The second-order valence-electron chi connectivity index (χ2n) is 4.66. The van der Waals surface area contributed by atoms with Gasteiger partial charge in [0.1, 0.15) is 5.75 Å². The SMILES string of the molecule is COc1cccc(C(=O)O[C@H](C(=O)NC(N)=O)C(C)C)c1. The van der Waals surface area contributed by atoms with E-state index >= 15 is 0 Å². The van der Waals surface area contributed by atoms with Crippen LogP contribution in [0.4, 0.5) is 4.79 Å². The molecule has 3 N–H and O–H groups in total. The molecule has 1 aromatic carbocycles. The summed E-state index contributed by atoms with van der Waals surface area (Å²) >= 11 is 0. The number of hydrogen-bond donors (Lipinski definition) is 2. The van der Waals surface area contributed by atoms with Crippen LogP contribution in [-0.4, -0.2) is 31.1 Å². The topological polar surface area (TPSA) is 108 Å². The van der Waals surface area contributed by atoms with Crippen LogP contribution in [0.2, 0.25) is 0 Å². The highest BCUT2D eigenvalue weighted by molar-refractivity contribution is 5.98. The van der Waals surface area contributed by atoms with Crippen LogP contribution < -0.4 is 15.8 Å². The van der Waals surface area contributed by atoms with Crippen LogP contribution in [0.15, 0.2) is 24.3 Å². The number of nitrogens with two attached hydrogens (primary N) is 1. The summed E-state index contributed by atoms with van der Waals surface area (Å²) in [5, 5.41) is 1.90. The zero-order valence-corrected chi connectivity index (χ0v) is 12.1. The van der Waals surface area contributed by atoms with Crippen molar-refractivity contribution >= 4 is 17.9 Å². The molecule has 21 heavy (non-hydrogen) atoms. The average Bonchev–Trinajstić information content (AvgIpc) is 2.43. The molecule has 1 rings (SSSR count). The lowest BCUT2D eigenvalue weighted by atomic mass is 10.1. The molecule has 0 bridgehead atoms. The largest absolute Gasteiger partial charge is 0.497 e. The second kappa shape index (κ2) is 7.28. The molecule has 0 aliphatic carbocycles. The molecule has 0 saturated carbocycles. The Morgan fingerprint density at radius 2 is 1.90 bits per heavy atom. The Hall–Kier alpha value is -2.57. The molecular formula is C14H18N2O5. The smallest absolute Gasteiger partial charge is 0.339 e. The van der Waals surface area contributed by atoms with Crippen molar-refractivity contribution in [2.75, 3.05) is 7.11 Å². The highest BCUT2D eigenvalue weighted by Gasteiger charge is 2.27. The average molecular weight is 294 g/mol. The predicted molar refractivity (Wildman–Crippen MR) is 74.8 cm³/mol. The van der Waals surface area contributed by atoms with Crippen molar-refractivity contribution in [3.05, 3.63) is 29.8 Å². The highest BCUT2D eigenvalue weighted by Crippen LogP contribution is 2.16. The first-order chi connectivity index (χ1) is 9.85. The van der Waals surface area contributed by atoms with Crippen LogP contribution in [-0.2, 0) is 9.53 Å². The third-order valence-corrected chi connectivity index (χ3v) is 2.65. The summed E-state index contributed by atoms with van der Waals surface area (Å²) in [5.74, 6) is -1.27. The zero-order valence-electron chi connectivity index (χ0n) is 12.1. The Morgan fingerprint density at radius 1 is 1.24 bits per heavy atom. The van der Waals surface area contributed by atoms with Gasteiger partial charge in [-0.05, 0) is 24.1 Å². The summed E-state index contributed by atoms with van der Waals surface area (Å²) in [6, 6.07) is 5.34. The normalized spacial score (nSPS) is 11.6. The number of benzene rings is 1. The first-order valence-corrected chi connectivity index (χ1v) is 6.30. The van der Waals surface area contributed by atoms with Gasteiger partial charge < -0.3 is 15.2 Å². The number of nitrogens with one attached hydrogen (secondary N) is 1. The first-order valence-electron chi connectivity index (χ1n) is 6.30. The van der Waals surface area contributed by atoms with E-state index in [1.165, 1.54) is 19.2 Å². The number of esters is 1. The van der Waals surface area contributed by atoms with E-state index in [4.69, 9.17) is 15.2 Å². The van der Waals surface area contributed by atoms with E-state index in [0.717, 1.165) is 0 Å². The number of hydrogen-bond acceptors (Lipinski definition) is 5. The summed E-state index contributed by atoms with van der Waals surface area (Å²) in [6.07, 6.45) is -1.11. The molecule has 0 spiro atoms. The number of ether oxygens (including phenoxy) is 2. The number of carbonyl (C=O) groups excluding carboxylic acids is 3. The number of urea groups is 1. The van der Waals surface area contributed by atoms with E-state index in [1.807, 2.05) is 5.32 Å². The van der Waals surface area contributed by atoms with E-state index in [-0.39, 0.29) is 11.5 Å². The van der Waals surface area contributed by atoms with Crippen molar-refractivity contribution in [2.24, 2.45) is 11.7 Å². The van der Waals surface area contributed by atoms with Gasteiger partial charge in [-0.1, -0.05) is 19.9 Å². The summed E-state index contributed by atoms with van der Waals surface area (Å²) in [6.45, 7) is 3.37. The molecule has 7 nitrogen and oxygen atoms in total. The molecule has 0 heterocycles. The van der Waals surface area contributed by atoms with Gasteiger partial charge in [-0.15, -0.1) is 0 Å². The number of imide groups is 1. The predicted octanol–water partition coefficient (Wildman–Crippen LogP) is 1.07.